The van der Waals surface area contributed by atoms with Crippen molar-refractivity contribution in [2.24, 2.45) is 0 Å². The monoisotopic (exact) mass is 1100 g/mol. The van der Waals surface area contributed by atoms with Crippen molar-refractivity contribution in [1.82, 2.24) is 0 Å². The molecule has 0 aromatic rings. The zero-order valence-electron chi connectivity index (χ0n) is 50.1. The summed E-state index contributed by atoms with van der Waals surface area (Å²) in [6.45, 7) is 4.17. The molecule has 1 N–H and O–H groups in total. The van der Waals surface area contributed by atoms with E-state index in [1.165, 1.54) is 51.4 Å². The smallest absolute Gasteiger partial charge is 0.462 e. The lowest BCUT2D eigenvalue weighted by molar-refractivity contribution is -0.870. The van der Waals surface area contributed by atoms with E-state index in [4.69, 9.17) is 18.5 Å². The van der Waals surface area contributed by atoms with Crippen LogP contribution in [0.15, 0.2) is 146 Å². The van der Waals surface area contributed by atoms with Crippen molar-refractivity contribution >= 4 is 19.8 Å². The summed E-state index contributed by atoms with van der Waals surface area (Å²) in [6.07, 6.45) is 84.8. The van der Waals surface area contributed by atoms with Gasteiger partial charge < -0.3 is 18.9 Å². The number of allylic oxidation sites excluding steroid dienone is 24. The molecule has 0 fully saturated rings. The first-order chi connectivity index (χ1) is 38.0. The Morgan fingerprint density at radius 3 is 1.03 bits per heavy atom. The first kappa shape index (κ1) is 73.9. The van der Waals surface area contributed by atoms with Gasteiger partial charge in [0.2, 0.25) is 0 Å². The Hall–Kier alpha value is -4.11. The van der Waals surface area contributed by atoms with Gasteiger partial charge in [0.25, 0.3) is 0 Å². The SMILES string of the molecule is CC/C=C\C/C=C\C/C=C\C/C=C\C/C=C\C/C=C\C/C=C\CCCCCCCCCC(=O)OC(COC(=O)CCCCCCCCCCC/C=C\C/C=C\C/C=C\C/C=C\C/C=C\CC)COP(=O)(O)OCC[N+](C)(C)C. The second-order valence-electron chi connectivity index (χ2n) is 21.0. The van der Waals surface area contributed by atoms with E-state index in [1.807, 2.05) is 21.1 Å². The molecule has 10 heteroatoms. The van der Waals surface area contributed by atoms with Gasteiger partial charge in [-0.25, -0.2) is 4.57 Å². The number of phosphoric ester groups is 1. The van der Waals surface area contributed by atoms with Gasteiger partial charge in [0.05, 0.1) is 27.7 Å². The molecule has 0 rings (SSSR count). The molecule has 0 amide bonds. The molecule has 78 heavy (non-hydrogen) atoms. The van der Waals surface area contributed by atoms with E-state index < -0.39 is 26.5 Å². The molecule has 442 valence electrons. The maximum Gasteiger partial charge on any atom is 0.472 e. The van der Waals surface area contributed by atoms with Crippen LogP contribution in [-0.4, -0.2) is 74.9 Å². The van der Waals surface area contributed by atoms with E-state index in [2.05, 4.69) is 160 Å². The average Bonchev–Trinajstić information content (AvgIpc) is 3.41. The molecule has 9 nitrogen and oxygen atoms in total. The Kier molecular flexibility index (Phi) is 54.5. The van der Waals surface area contributed by atoms with Crippen molar-refractivity contribution in [3.8, 4) is 0 Å². The molecular formula is C68H113NO8P+. The molecule has 0 saturated heterocycles. The number of carbonyl (C=O) groups is 2. The van der Waals surface area contributed by atoms with Crippen molar-refractivity contribution in [3.05, 3.63) is 146 Å². The molecule has 0 aliphatic heterocycles. The number of nitrogens with zero attached hydrogens (tertiary/aromatic N) is 1. The predicted molar refractivity (Wildman–Crippen MR) is 334 cm³/mol. The van der Waals surface area contributed by atoms with Crippen LogP contribution < -0.4 is 0 Å². The fourth-order valence-electron chi connectivity index (χ4n) is 7.73. The quantitative estimate of drug-likeness (QED) is 0.0211. The molecule has 2 unspecified atom stereocenters. The highest BCUT2D eigenvalue weighted by atomic mass is 31.2. The highest BCUT2D eigenvalue weighted by molar-refractivity contribution is 7.47. The molecule has 0 aliphatic rings. The molecule has 0 bridgehead atoms. The van der Waals surface area contributed by atoms with Crippen LogP contribution in [0.1, 0.15) is 219 Å². The number of likely N-dealkylation sites (N-methyl/N-ethyl adjacent to an activating group) is 1. The lowest BCUT2D eigenvalue weighted by Crippen LogP contribution is -2.37. The fourth-order valence-corrected chi connectivity index (χ4v) is 8.47. The first-order valence-corrected chi connectivity index (χ1v) is 32.1. The van der Waals surface area contributed by atoms with Crippen LogP contribution in [-0.2, 0) is 32.7 Å². The second kappa shape index (κ2) is 57.6. The molecule has 0 spiro atoms. The number of rotatable bonds is 54. The molecular weight excluding hydrogens is 990 g/mol. The van der Waals surface area contributed by atoms with Crippen LogP contribution in [0.3, 0.4) is 0 Å². The number of carbonyl (C=O) groups excluding carboxylic acids is 2. The van der Waals surface area contributed by atoms with Gasteiger partial charge in [-0.2, -0.15) is 0 Å². The zero-order valence-corrected chi connectivity index (χ0v) is 51.0. The number of phosphoric acid groups is 1. The van der Waals surface area contributed by atoms with Crippen molar-refractivity contribution in [1.29, 1.82) is 0 Å². The minimum Gasteiger partial charge on any atom is -0.462 e. The molecule has 0 radical (unpaired) electrons. The lowest BCUT2D eigenvalue weighted by atomic mass is 10.1. The van der Waals surface area contributed by atoms with E-state index in [9.17, 15) is 19.0 Å². The summed E-state index contributed by atoms with van der Waals surface area (Å²) >= 11 is 0. The minimum atomic E-state index is -4.40. The van der Waals surface area contributed by atoms with E-state index in [-0.39, 0.29) is 32.0 Å². The van der Waals surface area contributed by atoms with Gasteiger partial charge in [0.15, 0.2) is 6.10 Å². The normalized spacial score (nSPS) is 14.3. The zero-order chi connectivity index (χ0) is 57.0. The molecule has 0 aromatic carbocycles. The highest BCUT2D eigenvalue weighted by Gasteiger charge is 2.27. The maximum absolute atomic E-state index is 12.8. The molecule has 0 aliphatic carbocycles. The summed E-state index contributed by atoms with van der Waals surface area (Å²) in [5.41, 5.74) is 0. The van der Waals surface area contributed by atoms with Gasteiger partial charge in [0, 0.05) is 12.8 Å². The molecule has 0 heterocycles. The van der Waals surface area contributed by atoms with Crippen LogP contribution in [0.5, 0.6) is 0 Å². The molecule has 0 aromatic heterocycles. The van der Waals surface area contributed by atoms with Crippen molar-refractivity contribution < 1.29 is 42.1 Å². The van der Waals surface area contributed by atoms with Crippen LogP contribution in [0.25, 0.3) is 0 Å². The predicted octanol–water partition coefficient (Wildman–Crippen LogP) is 19.5. The largest absolute Gasteiger partial charge is 0.472 e. The standard InChI is InChI=1S/C68H112NO8P/c1-6-8-10-12-14-16-18-20-22-24-26-28-30-32-33-34-35-37-39-41-43-45-47-49-51-53-55-57-59-61-68(71)77-66(65-76-78(72,73)75-63-62-69(3,4)5)64-74-67(70)60-58-56-54-52-50-48-46-44-42-40-38-36-31-29-27-25-23-21-19-17-15-13-11-9-7-2/h8-11,14-17,20-23,26-29,32-33,35-38,41,43,66H,6-7,12-13,18-19,24-25,30-31,34,39-40,42,44-65H2,1-5H3/p+1/b10-8-,11-9-,16-14-,17-15-,22-20-,23-21-,28-26-,29-27-,33-32-,37-35-,38-36-,43-41-. The third-order valence-electron chi connectivity index (χ3n) is 12.4. The van der Waals surface area contributed by atoms with Gasteiger partial charge in [-0.15, -0.1) is 0 Å². The van der Waals surface area contributed by atoms with E-state index in [0.29, 0.717) is 17.4 Å². The molecule has 2 atom stereocenters. The Morgan fingerprint density at radius 1 is 0.397 bits per heavy atom. The number of quaternary nitrogens is 1. The Bertz CT molecular complexity index is 1820. The van der Waals surface area contributed by atoms with E-state index in [0.717, 1.165) is 135 Å². The number of unbranched alkanes of at least 4 members (excludes halogenated alkanes) is 16. The Balaban J connectivity index is 4.23. The highest BCUT2D eigenvalue weighted by Crippen LogP contribution is 2.43. The summed E-state index contributed by atoms with van der Waals surface area (Å²) < 4.78 is 34.6. The van der Waals surface area contributed by atoms with Crippen LogP contribution >= 0.6 is 7.82 Å². The average molecular weight is 1100 g/mol. The van der Waals surface area contributed by atoms with E-state index >= 15 is 0 Å². The van der Waals surface area contributed by atoms with Gasteiger partial charge in [0.1, 0.15) is 19.8 Å². The molecule has 0 saturated carbocycles. The first-order valence-electron chi connectivity index (χ1n) is 30.6. The third-order valence-corrected chi connectivity index (χ3v) is 13.3. The van der Waals surface area contributed by atoms with Crippen LogP contribution in [0.4, 0.5) is 0 Å². The van der Waals surface area contributed by atoms with Gasteiger partial charge >= 0.3 is 19.8 Å². The summed E-state index contributed by atoms with van der Waals surface area (Å²) in [5, 5.41) is 0. The summed E-state index contributed by atoms with van der Waals surface area (Å²) in [4.78, 5) is 35.8. The minimum absolute atomic E-state index is 0.0198. The topological polar surface area (TPSA) is 108 Å². The second-order valence-corrected chi connectivity index (χ2v) is 22.4. The maximum atomic E-state index is 12.8. The number of hydrogen-bond donors (Lipinski definition) is 1. The van der Waals surface area contributed by atoms with Gasteiger partial charge in [-0.3, -0.25) is 18.6 Å². The Morgan fingerprint density at radius 2 is 0.692 bits per heavy atom. The number of hydrogen-bond acceptors (Lipinski definition) is 7. The van der Waals surface area contributed by atoms with Gasteiger partial charge in [-0.05, 0) is 116 Å². The fraction of sp³-hybridized carbons (Fsp3) is 0.618. The summed E-state index contributed by atoms with van der Waals surface area (Å²) in [7, 11) is 1.44. The number of esters is 2. The van der Waals surface area contributed by atoms with Crippen molar-refractivity contribution in [3.63, 3.8) is 0 Å². The van der Waals surface area contributed by atoms with Gasteiger partial charge in [-0.1, -0.05) is 237 Å². The summed E-state index contributed by atoms with van der Waals surface area (Å²) in [5.74, 6) is -0.827. The van der Waals surface area contributed by atoms with Crippen molar-refractivity contribution in [2.45, 2.75) is 225 Å². The lowest BCUT2D eigenvalue weighted by Gasteiger charge is -2.24. The Labute approximate surface area is 478 Å². The van der Waals surface area contributed by atoms with Crippen molar-refractivity contribution in [2.75, 3.05) is 47.5 Å². The number of ether oxygens (including phenoxy) is 2. The third kappa shape index (κ3) is 61.1. The van der Waals surface area contributed by atoms with E-state index in [1.54, 1.807) is 0 Å². The van der Waals surface area contributed by atoms with Crippen LogP contribution in [0, 0.1) is 0 Å². The van der Waals surface area contributed by atoms with Crippen LogP contribution in [0.2, 0.25) is 0 Å². The summed E-state index contributed by atoms with van der Waals surface area (Å²) in [6, 6.07) is 0.